The number of nitrogens with zero attached hydrogens (tertiary/aromatic N) is 1. The Morgan fingerprint density at radius 2 is 2.00 bits per heavy atom. The summed E-state index contributed by atoms with van der Waals surface area (Å²) in [4.78, 5) is 14.1. The summed E-state index contributed by atoms with van der Waals surface area (Å²) in [6, 6.07) is -0.0202. The van der Waals surface area contributed by atoms with Gasteiger partial charge in [-0.25, -0.2) is 0 Å². The van der Waals surface area contributed by atoms with Crippen molar-refractivity contribution >= 4 is 5.91 Å². The third-order valence-electron chi connectivity index (χ3n) is 3.55. The smallest absolute Gasteiger partial charge is 0.224 e. The molecule has 0 aromatic carbocycles. The third kappa shape index (κ3) is 5.53. The van der Waals surface area contributed by atoms with Crippen LogP contribution in [-0.4, -0.2) is 29.9 Å². The predicted octanol–water partition coefficient (Wildman–Crippen LogP) is 2.54. The summed E-state index contributed by atoms with van der Waals surface area (Å²) in [5, 5.41) is 0. The van der Waals surface area contributed by atoms with Crippen LogP contribution in [0.4, 0.5) is 0 Å². The van der Waals surface area contributed by atoms with E-state index < -0.39 is 0 Å². The van der Waals surface area contributed by atoms with E-state index in [4.69, 9.17) is 5.73 Å². The van der Waals surface area contributed by atoms with Gasteiger partial charge in [0.25, 0.3) is 0 Å². The first kappa shape index (κ1) is 14.5. The molecule has 0 aromatic heterocycles. The second-order valence-corrected chi connectivity index (χ2v) is 5.53. The zero-order valence-corrected chi connectivity index (χ0v) is 11.5. The molecule has 17 heavy (non-hydrogen) atoms. The summed E-state index contributed by atoms with van der Waals surface area (Å²) < 4.78 is 0. The normalized spacial score (nSPS) is 19.0. The molecule has 0 bridgehead atoms. The molecule has 3 heteroatoms. The fraction of sp³-hybridized carbons (Fsp3) is 0.929. The first-order chi connectivity index (χ1) is 8.13. The molecule has 1 aliphatic carbocycles. The zero-order chi connectivity index (χ0) is 12.7. The summed E-state index contributed by atoms with van der Waals surface area (Å²) in [5.41, 5.74) is 5.71. The first-order valence-corrected chi connectivity index (χ1v) is 7.16. The van der Waals surface area contributed by atoms with E-state index in [2.05, 4.69) is 6.92 Å². The number of amides is 1. The van der Waals surface area contributed by atoms with Gasteiger partial charge in [0.2, 0.25) is 5.91 Å². The maximum absolute atomic E-state index is 12.1. The lowest BCUT2D eigenvalue weighted by Crippen LogP contribution is -2.39. The Morgan fingerprint density at radius 3 is 2.53 bits per heavy atom. The summed E-state index contributed by atoms with van der Waals surface area (Å²) in [6.07, 6.45) is 8.18. The number of hydrogen-bond acceptors (Lipinski definition) is 2. The summed E-state index contributed by atoms with van der Waals surface area (Å²) in [7, 11) is 0. The van der Waals surface area contributed by atoms with E-state index in [9.17, 15) is 4.79 Å². The zero-order valence-electron chi connectivity index (χ0n) is 11.5. The Balaban J connectivity index is 2.43. The van der Waals surface area contributed by atoms with E-state index >= 15 is 0 Å². The van der Waals surface area contributed by atoms with Gasteiger partial charge in [-0.2, -0.15) is 0 Å². The molecule has 1 aliphatic rings. The average Bonchev–Trinajstić information content (AvgIpc) is 2.29. The van der Waals surface area contributed by atoms with Crippen LogP contribution < -0.4 is 5.73 Å². The van der Waals surface area contributed by atoms with Crippen molar-refractivity contribution in [3.05, 3.63) is 0 Å². The second-order valence-electron chi connectivity index (χ2n) is 5.53. The van der Waals surface area contributed by atoms with Crippen molar-refractivity contribution < 1.29 is 4.79 Å². The van der Waals surface area contributed by atoms with E-state index in [0.29, 0.717) is 6.42 Å². The molecule has 1 atom stereocenters. The van der Waals surface area contributed by atoms with Crippen LogP contribution in [0.3, 0.4) is 0 Å². The van der Waals surface area contributed by atoms with E-state index in [1.165, 1.54) is 32.1 Å². The average molecular weight is 240 g/mol. The van der Waals surface area contributed by atoms with Crippen molar-refractivity contribution in [1.29, 1.82) is 0 Å². The molecular weight excluding hydrogens is 212 g/mol. The molecule has 100 valence electrons. The predicted molar refractivity (Wildman–Crippen MR) is 71.7 cm³/mol. The lowest BCUT2D eigenvalue weighted by Gasteiger charge is -2.30. The lowest BCUT2D eigenvalue weighted by atomic mass is 9.89. The van der Waals surface area contributed by atoms with Crippen molar-refractivity contribution in [3.63, 3.8) is 0 Å². The molecule has 1 amide bonds. The molecule has 1 fully saturated rings. The molecule has 1 rings (SSSR count). The molecular formula is C14H28N2O. The van der Waals surface area contributed by atoms with Crippen molar-refractivity contribution in [3.8, 4) is 0 Å². The van der Waals surface area contributed by atoms with Gasteiger partial charge in [0, 0.05) is 25.6 Å². The standard InChI is InChI=1S/C14H28N2O/c1-3-9-16(14(17)10-12(2)15)11-13-7-5-4-6-8-13/h12-13H,3-11,15H2,1-2H3. The van der Waals surface area contributed by atoms with Gasteiger partial charge in [-0.15, -0.1) is 0 Å². The van der Waals surface area contributed by atoms with E-state index in [-0.39, 0.29) is 11.9 Å². The van der Waals surface area contributed by atoms with Crippen LogP contribution in [0, 0.1) is 5.92 Å². The second kappa shape index (κ2) is 7.70. The summed E-state index contributed by atoms with van der Waals surface area (Å²) >= 11 is 0. The number of nitrogens with two attached hydrogens (primary N) is 1. The Morgan fingerprint density at radius 1 is 1.35 bits per heavy atom. The van der Waals surface area contributed by atoms with Crippen molar-refractivity contribution in [1.82, 2.24) is 4.90 Å². The Kier molecular flexibility index (Phi) is 6.56. The lowest BCUT2D eigenvalue weighted by molar-refractivity contribution is -0.132. The molecule has 1 saturated carbocycles. The van der Waals surface area contributed by atoms with Crippen molar-refractivity contribution in [2.75, 3.05) is 13.1 Å². The molecule has 2 N–H and O–H groups in total. The van der Waals surface area contributed by atoms with Crippen LogP contribution in [0.15, 0.2) is 0 Å². The van der Waals surface area contributed by atoms with Gasteiger partial charge < -0.3 is 10.6 Å². The van der Waals surface area contributed by atoms with Gasteiger partial charge in [0.15, 0.2) is 0 Å². The van der Waals surface area contributed by atoms with E-state index in [1.54, 1.807) is 0 Å². The number of carbonyl (C=O) groups is 1. The summed E-state index contributed by atoms with van der Waals surface area (Å²) in [6.45, 7) is 5.89. The van der Waals surface area contributed by atoms with Crippen LogP contribution in [0.25, 0.3) is 0 Å². The summed E-state index contributed by atoms with van der Waals surface area (Å²) in [5.74, 6) is 0.972. The van der Waals surface area contributed by atoms with Gasteiger partial charge in [0.1, 0.15) is 0 Å². The minimum atomic E-state index is -0.0202. The highest BCUT2D eigenvalue weighted by Crippen LogP contribution is 2.24. The van der Waals surface area contributed by atoms with Crippen LogP contribution in [-0.2, 0) is 4.79 Å². The minimum Gasteiger partial charge on any atom is -0.342 e. The first-order valence-electron chi connectivity index (χ1n) is 7.16. The van der Waals surface area contributed by atoms with Crippen LogP contribution in [0.1, 0.15) is 58.8 Å². The highest BCUT2D eigenvalue weighted by molar-refractivity contribution is 5.76. The molecule has 0 aliphatic heterocycles. The van der Waals surface area contributed by atoms with Crippen LogP contribution in [0.2, 0.25) is 0 Å². The quantitative estimate of drug-likeness (QED) is 0.775. The maximum Gasteiger partial charge on any atom is 0.224 e. The third-order valence-corrected chi connectivity index (χ3v) is 3.55. The van der Waals surface area contributed by atoms with Gasteiger partial charge in [-0.05, 0) is 32.1 Å². The van der Waals surface area contributed by atoms with Crippen molar-refractivity contribution in [2.24, 2.45) is 11.7 Å². The van der Waals surface area contributed by atoms with Crippen molar-refractivity contribution in [2.45, 2.75) is 64.8 Å². The van der Waals surface area contributed by atoms with Crippen LogP contribution >= 0.6 is 0 Å². The highest BCUT2D eigenvalue weighted by Gasteiger charge is 2.20. The topological polar surface area (TPSA) is 46.3 Å². The Bertz CT molecular complexity index is 222. The Hall–Kier alpha value is -0.570. The molecule has 0 heterocycles. The number of hydrogen-bond donors (Lipinski definition) is 1. The van der Waals surface area contributed by atoms with E-state index in [1.807, 2.05) is 11.8 Å². The fourth-order valence-electron chi connectivity index (χ4n) is 2.67. The Labute approximate surface area is 106 Å². The van der Waals surface area contributed by atoms with E-state index in [0.717, 1.165) is 25.4 Å². The molecule has 0 saturated heterocycles. The molecule has 0 spiro atoms. The SMILES string of the molecule is CCCN(CC1CCCCC1)C(=O)CC(C)N. The largest absolute Gasteiger partial charge is 0.342 e. The molecule has 0 aromatic rings. The highest BCUT2D eigenvalue weighted by atomic mass is 16.2. The van der Waals surface area contributed by atoms with Gasteiger partial charge >= 0.3 is 0 Å². The monoisotopic (exact) mass is 240 g/mol. The van der Waals surface area contributed by atoms with Gasteiger partial charge in [-0.3, -0.25) is 4.79 Å². The molecule has 0 radical (unpaired) electrons. The number of carbonyl (C=O) groups excluding carboxylic acids is 1. The maximum atomic E-state index is 12.1. The number of rotatable bonds is 6. The minimum absolute atomic E-state index is 0.0202. The van der Waals surface area contributed by atoms with Crippen LogP contribution in [0.5, 0.6) is 0 Å². The molecule has 1 unspecified atom stereocenters. The fourth-order valence-corrected chi connectivity index (χ4v) is 2.67. The molecule has 3 nitrogen and oxygen atoms in total. The van der Waals surface area contributed by atoms with Gasteiger partial charge in [0.05, 0.1) is 0 Å². The van der Waals surface area contributed by atoms with Gasteiger partial charge in [-0.1, -0.05) is 26.2 Å².